The van der Waals surface area contributed by atoms with E-state index in [0.29, 0.717) is 0 Å². The first-order valence-corrected chi connectivity index (χ1v) is 10.6. The van der Waals surface area contributed by atoms with Gasteiger partial charge in [0.1, 0.15) is 18.8 Å². The van der Waals surface area contributed by atoms with Crippen molar-refractivity contribution in [1.29, 1.82) is 0 Å². The standard InChI is InChI=1S/C22H24ClN3OS/c1-4-18-7-5-6-8-21(18)26(16(2)27)22-24-20(15-28-22)14-25(3)13-17-9-11-19(23)12-10-17/h5-12,15H,4,13-14H2,1-3H3/p+1. The lowest BCUT2D eigenvalue weighted by atomic mass is 10.1. The minimum atomic E-state index is -0.0244. The highest BCUT2D eigenvalue weighted by atomic mass is 35.5. The van der Waals surface area contributed by atoms with Crippen LogP contribution in [0.15, 0.2) is 53.9 Å². The first-order chi connectivity index (χ1) is 13.5. The minimum Gasteiger partial charge on any atom is -0.329 e. The number of hydrogen-bond acceptors (Lipinski definition) is 3. The van der Waals surface area contributed by atoms with Crippen LogP contribution in [-0.2, 0) is 24.3 Å². The Labute approximate surface area is 175 Å². The van der Waals surface area contributed by atoms with E-state index in [1.807, 2.05) is 35.7 Å². The molecule has 0 fully saturated rings. The summed E-state index contributed by atoms with van der Waals surface area (Å²) in [6.07, 6.45) is 0.867. The van der Waals surface area contributed by atoms with Gasteiger partial charge in [-0.15, -0.1) is 11.3 Å². The van der Waals surface area contributed by atoms with Crippen LogP contribution in [0.2, 0.25) is 5.02 Å². The molecule has 6 heteroatoms. The normalized spacial score (nSPS) is 12.0. The van der Waals surface area contributed by atoms with Crippen LogP contribution in [-0.4, -0.2) is 17.9 Å². The van der Waals surface area contributed by atoms with Gasteiger partial charge in [-0.1, -0.05) is 48.9 Å². The number of carbonyl (C=O) groups excluding carboxylic acids is 1. The number of rotatable bonds is 7. The van der Waals surface area contributed by atoms with Crippen LogP contribution in [0.5, 0.6) is 0 Å². The molecule has 3 aromatic rings. The van der Waals surface area contributed by atoms with Crippen LogP contribution in [0.4, 0.5) is 10.8 Å². The number of halogens is 1. The molecular formula is C22H25ClN3OS+. The third-order valence-electron chi connectivity index (χ3n) is 4.56. The third-order valence-corrected chi connectivity index (χ3v) is 5.69. The molecule has 0 aliphatic carbocycles. The molecule has 2 aromatic carbocycles. The summed E-state index contributed by atoms with van der Waals surface area (Å²) in [6.45, 7) is 5.37. The van der Waals surface area contributed by atoms with E-state index in [9.17, 15) is 4.79 Å². The Morgan fingerprint density at radius 2 is 1.86 bits per heavy atom. The van der Waals surface area contributed by atoms with E-state index in [0.717, 1.165) is 46.6 Å². The Morgan fingerprint density at radius 3 is 2.54 bits per heavy atom. The minimum absolute atomic E-state index is 0.0244. The van der Waals surface area contributed by atoms with E-state index in [4.69, 9.17) is 16.6 Å². The van der Waals surface area contributed by atoms with Gasteiger partial charge in [0, 0.05) is 22.9 Å². The van der Waals surface area contributed by atoms with Gasteiger partial charge >= 0.3 is 0 Å². The number of aromatic nitrogens is 1. The van der Waals surface area contributed by atoms with Gasteiger partial charge in [-0.25, -0.2) is 4.98 Å². The maximum absolute atomic E-state index is 12.4. The zero-order valence-electron chi connectivity index (χ0n) is 16.4. The van der Waals surface area contributed by atoms with Crippen molar-refractivity contribution in [1.82, 2.24) is 4.98 Å². The van der Waals surface area contributed by atoms with Crippen molar-refractivity contribution >= 4 is 39.7 Å². The zero-order chi connectivity index (χ0) is 20.1. The number of nitrogens with zero attached hydrogens (tertiary/aromatic N) is 2. The Bertz CT molecular complexity index is 939. The van der Waals surface area contributed by atoms with Crippen molar-refractivity contribution < 1.29 is 9.69 Å². The van der Waals surface area contributed by atoms with Crippen molar-refractivity contribution in [3.05, 3.63) is 75.8 Å². The lowest BCUT2D eigenvalue weighted by Gasteiger charge is -2.21. The van der Waals surface area contributed by atoms with Gasteiger partial charge in [-0.05, 0) is 30.2 Å². The number of para-hydroxylation sites is 1. The third kappa shape index (κ3) is 4.98. The topological polar surface area (TPSA) is 37.6 Å². The summed E-state index contributed by atoms with van der Waals surface area (Å²) >= 11 is 7.47. The number of thiazole rings is 1. The number of anilines is 2. The Balaban J connectivity index is 1.75. The average molecular weight is 415 g/mol. The molecule has 0 saturated heterocycles. The summed E-state index contributed by atoms with van der Waals surface area (Å²) in [5, 5.41) is 3.52. The van der Waals surface area contributed by atoms with Crippen LogP contribution in [0, 0.1) is 0 Å². The average Bonchev–Trinajstić information content (AvgIpc) is 3.11. The molecule has 1 unspecified atom stereocenters. The van der Waals surface area contributed by atoms with Gasteiger partial charge in [0.25, 0.3) is 0 Å². The lowest BCUT2D eigenvalue weighted by molar-refractivity contribution is -0.908. The second-order valence-electron chi connectivity index (χ2n) is 6.90. The predicted octanol–water partition coefficient (Wildman–Crippen LogP) is 4.26. The fraction of sp³-hybridized carbons (Fsp3) is 0.273. The summed E-state index contributed by atoms with van der Waals surface area (Å²) in [7, 11) is 2.14. The molecule has 1 aromatic heterocycles. The molecular weight excluding hydrogens is 390 g/mol. The van der Waals surface area contributed by atoms with E-state index in [2.05, 4.69) is 32.2 Å². The second-order valence-corrected chi connectivity index (χ2v) is 8.17. The largest absolute Gasteiger partial charge is 0.329 e. The van der Waals surface area contributed by atoms with Crippen LogP contribution >= 0.6 is 22.9 Å². The first kappa shape index (κ1) is 20.5. The van der Waals surface area contributed by atoms with Gasteiger partial charge < -0.3 is 4.90 Å². The highest BCUT2D eigenvalue weighted by Gasteiger charge is 2.21. The summed E-state index contributed by atoms with van der Waals surface area (Å²) in [5.41, 5.74) is 4.28. The molecule has 1 amide bonds. The van der Waals surface area contributed by atoms with Crippen molar-refractivity contribution in [3.63, 3.8) is 0 Å². The van der Waals surface area contributed by atoms with Crippen molar-refractivity contribution in [2.24, 2.45) is 0 Å². The van der Waals surface area contributed by atoms with Crippen LogP contribution in [0.1, 0.15) is 30.7 Å². The van der Waals surface area contributed by atoms with Gasteiger partial charge in [0.05, 0.1) is 12.7 Å². The summed E-state index contributed by atoms with van der Waals surface area (Å²) in [5.74, 6) is -0.0244. The number of aryl methyl sites for hydroxylation is 1. The van der Waals surface area contributed by atoms with E-state index in [1.54, 1.807) is 11.8 Å². The van der Waals surface area contributed by atoms with Crippen LogP contribution in [0.3, 0.4) is 0 Å². The fourth-order valence-electron chi connectivity index (χ4n) is 3.24. The van der Waals surface area contributed by atoms with Crippen molar-refractivity contribution in [2.45, 2.75) is 33.4 Å². The molecule has 0 bridgehead atoms. The number of hydrogen-bond donors (Lipinski definition) is 1. The lowest BCUT2D eigenvalue weighted by Crippen LogP contribution is -3.06. The Kier molecular flexibility index (Phi) is 6.83. The number of nitrogens with one attached hydrogen (secondary N) is 1. The first-order valence-electron chi connectivity index (χ1n) is 9.36. The molecule has 4 nitrogen and oxygen atoms in total. The van der Waals surface area contributed by atoms with E-state index >= 15 is 0 Å². The molecule has 0 aliphatic rings. The molecule has 0 radical (unpaired) electrons. The zero-order valence-corrected chi connectivity index (χ0v) is 18.0. The van der Waals surface area contributed by atoms with Crippen LogP contribution < -0.4 is 9.80 Å². The molecule has 1 heterocycles. The van der Waals surface area contributed by atoms with Gasteiger partial charge in [0.2, 0.25) is 5.91 Å². The second kappa shape index (κ2) is 9.32. The Morgan fingerprint density at radius 1 is 1.14 bits per heavy atom. The van der Waals surface area contributed by atoms with Gasteiger partial charge in [-0.3, -0.25) is 9.69 Å². The van der Waals surface area contributed by atoms with Gasteiger partial charge in [-0.2, -0.15) is 0 Å². The molecule has 1 N–H and O–H groups in total. The van der Waals surface area contributed by atoms with Crippen molar-refractivity contribution in [2.75, 3.05) is 11.9 Å². The summed E-state index contributed by atoms with van der Waals surface area (Å²) in [6, 6.07) is 16.0. The molecule has 28 heavy (non-hydrogen) atoms. The highest BCUT2D eigenvalue weighted by Crippen LogP contribution is 2.31. The predicted molar refractivity (Wildman–Crippen MR) is 117 cm³/mol. The number of carbonyl (C=O) groups is 1. The quantitative estimate of drug-likeness (QED) is 0.627. The smallest absolute Gasteiger partial charge is 0.230 e. The molecule has 0 spiro atoms. The number of benzene rings is 2. The van der Waals surface area contributed by atoms with Crippen molar-refractivity contribution in [3.8, 4) is 0 Å². The van der Waals surface area contributed by atoms with E-state index in [1.165, 1.54) is 21.8 Å². The number of amides is 1. The summed E-state index contributed by atoms with van der Waals surface area (Å²) in [4.78, 5) is 20.2. The summed E-state index contributed by atoms with van der Waals surface area (Å²) < 4.78 is 0. The SMILES string of the molecule is CCc1ccccc1N(C(C)=O)c1nc(C[NH+](C)Cc2ccc(Cl)cc2)cs1. The number of quaternary nitrogens is 1. The molecule has 1 atom stereocenters. The van der Waals surface area contributed by atoms with E-state index in [-0.39, 0.29) is 5.91 Å². The Hall–Kier alpha value is -2.21. The molecule has 3 rings (SSSR count). The maximum Gasteiger partial charge on any atom is 0.230 e. The molecule has 146 valence electrons. The highest BCUT2D eigenvalue weighted by molar-refractivity contribution is 7.14. The maximum atomic E-state index is 12.4. The van der Waals surface area contributed by atoms with E-state index < -0.39 is 0 Å². The molecule has 0 saturated carbocycles. The van der Waals surface area contributed by atoms with Crippen LogP contribution in [0.25, 0.3) is 0 Å². The fourth-order valence-corrected chi connectivity index (χ4v) is 4.24. The molecule has 0 aliphatic heterocycles. The van der Waals surface area contributed by atoms with Gasteiger partial charge in [0.15, 0.2) is 5.13 Å². The monoisotopic (exact) mass is 414 g/mol.